The second-order valence-electron chi connectivity index (χ2n) is 3.43. The number of hydrogen-bond donors (Lipinski definition) is 3. The lowest BCUT2D eigenvalue weighted by Gasteiger charge is -2.04. The molecule has 0 fully saturated rings. The van der Waals surface area contributed by atoms with Crippen molar-refractivity contribution < 1.29 is 8.42 Å². The van der Waals surface area contributed by atoms with Gasteiger partial charge in [0.15, 0.2) is 0 Å². The third kappa shape index (κ3) is 2.84. The first kappa shape index (κ1) is 12.1. The predicted molar refractivity (Wildman–Crippen MR) is 66.2 cm³/mol. The minimum atomic E-state index is -3.57. The molecule has 2 aromatic heterocycles. The maximum Gasteiger partial charge on any atom is 0.245 e. The van der Waals surface area contributed by atoms with Crippen molar-refractivity contribution in [2.75, 3.05) is 12.3 Å². The van der Waals surface area contributed by atoms with Crippen molar-refractivity contribution in [1.29, 1.82) is 0 Å². The van der Waals surface area contributed by atoms with Crippen LogP contribution in [0.1, 0.15) is 5.56 Å². The molecule has 2 heterocycles. The number of nitrogens with one attached hydrogen (secondary N) is 2. The Balaban J connectivity index is 1.97. The fraction of sp³-hybridized carbons (Fsp3) is 0.222. The van der Waals surface area contributed by atoms with Gasteiger partial charge < -0.3 is 5.73 Å². The number of nitrogens with zero attached hydrogens (tertiary/aromatic N) is 1. The molecular weight excluding hydrogens is 260 g/mol. The van der Waals surface area contributed by atoms with Gasteiger partial charge in [-0.15, -0.1) is 0 Å². The smallest absolute Gasteiger partial charge is 0.245 e. The lowest BCUT2D eigenvalue weighted by molar-refractivity contribution is 0.582. The Bertz CT molecular complexity index is 574. The molecule has 2 rings (SSSR count). The summed E-state index contributed by atoms with van der Waals surface area (Å²) in [5.74, 6) is 0.0491. The molecule has 17 heavy (non-hydrogen) atoms. The predicted octanol–water partition coefficient (Wildman–Crippen LogP) is 0.574. The molecule has 2 aromatic rings. The van der Waals surface area contributed by atoms with E-state index in [4.69, 9.17) is 5.73 Å². The molecular formula is C9H12N4O2S2. The first-order chi connectivity index (χ1) is 8.09. The molecule has 0 amide bonds. The van der Waals surface area contributed by atoms with Crippen LogP contribution in [0.25, 0.3) is 0 Å². The fourth-order valence-electron chi connectivity index (χ4n) is 1.34. The van der Waals surface area contributed by atoms with Crippen LogP contribution in [0, 0.1) is 0 Å². The topological polar surface area (TPSA) is 101 Å². The van der Waals surface area contributed by atoms with Crippen LogP contribution in [0.5, 0.6) is 0 Å². The number of thiophene rings is 1. The van der Waals surface area contributed by atoms with Crippen LogP contribution in [-0.4, -0.2) is 25.2 Å². The van der Waals surface area contributed by atoms with E-state index in [1.165, 1.54) is 6.20 Å². The van der Waals surface area contributed by atoms with Gasteiger partial charge in [-0.1, -0.05) is 0 Å². The second-order valence-corrected chi connectivity index (χ2v) is 5.94. The first-order valence-electron chi connectivity index (χ1n) is 4.89. The largest absolute Gasteiger partial charge is 0.383 e. The van der Waals surface area contributed by atoms with Crippen molar-refractivity contribution in [2.45, 2.75) is 11.3 Å². The molecule has 92 valence electrons. The molecule has 4 N–H and O–H groups in total. The van der Waals surface area contributed by atoms with Crippen molar-refractivity contribution in [2.24, 2.45) is 0 Å². The van der Waals surface area contributed by atoms with Gasteiger partial charge in [0.2, 0.25) is 10.0 Å². The number of nitrogens with two attached hydrogens (primary N) is 1. The highest BCUT2D eigenvalue weighted by Gasteiger charge is 2.18. The van der Waals surface area contributed by atoms with Crippen LogP contribution in [0.15, 0.2) is 27.9 Å². The Hall–Kier alpha value is -1.38. The number of H-pyrrole nitrogens is 1. The molecule has 8 heteroatoms. The van der Waals surface area contributed by atoms with Crippen molar-refractivity contribution in [3.8, 4) is 0 Å². The Labute approximate surface area is 103 Å². The molecule has 0 aromatic carbocycles. The summed E-state index contributed by atoms with van der Waals surface area (Å²) in [5, 5.41) is 9.91. The summed E-state index contributed by atoms with van der Waals surface area (Å²) >= 11 is 1.59. The van der Waals surface area contributed by atoms with Crippen molar-refractivity contribution >= 4 is 27.2 Å². The zero-order valence-electron chi connectivity index (χ0n) is 8.88. The Morgan fingerprint density at radius 3 is 2.94 bits per heavy atom. The van der Waals surface area contributed by atoms with Gasteiger partial charge in [-0.25, -0.2) is 13.1 Å². The summed E-state index contributed by atoms with van der Waals surface area (Å²) in [6.45, 7) is 0.337. The fourth-order valence-corrected chi connectivity index (χ4v) is 3.10. The van der Waals surface area contributed by atoms with Crippen LogP contribution in [0.3, 0.4) is 0 Å². The molecule has 0 unspecified atom stereocenters. The number of anilines is 1. The third-order valence-corrected chi connectivity index (χ3v) is 4.43. The van der Waals surface area contributed by atoms with Gasteiger partial charge >= 0.3 is 0 Å². The van der Waals surface area contributed by atoms with Gasteiger partial charge in [-0.3, -0.25) is 5.10 Å². The van der Waals surface area contributed by atoms with Gasteiger partial charge in [-0.2, -0.15) is 16.4 Å². The summed E-state index contributed by atoms with van der Waals surface area (Å²) in [4.78, 5) is -0.0113. The highest BCUT2D eigenvalue weighted by molar-refractivity contribution is 7.89. The summed E-state index contributed by atoms with van der Waals surface area (Å²) in [6, 6.07) is 1.96. The van der Waals surface area contributed by atoms with Gasteiger partial charge in [0.05, 0.1) is 6.20 Å². The molecule has 0 spiro atoms. The number of sulfonamides is 1. The van der Waals surface area contributed by atoms with Crippen LogP contribution >= 0.6 is 11.3 Å². The van der Waals surface area contributed by atoms with Crippen molar-refractivity contribution in [3.63, 3.8) is 0 Å². The molecule has 0 bridgehead atoms. The Morgan fingerprint density at radius 1 is 1.53 bits per heavy atom. The zero-order valence-corrected chi connectivity index (χ0v) is 10.5. The molecule has 0 radical (unpaired) electrons. The third-order valence-electron chi connectivity index (χ3n) is 2.21. The Kier molecular flexibility index (Phi) is 3.46. The SMILES string of the molecule is Nc1[nH]ncc1S(=O)(=O)NCCc1ccsc1. The standard InChI is InChI=1S/C9H12N4O2S2/c10-9-8(5-11-13-9)17(14,15)12-3-1-7-2-4-16-6-7/h2,4-6,12H,1,3H2,(H3,10,11,13). The lowest BCUT2D eigenvalue weighted by Crippen LogP contribution is -2.26. The van der Waals surface area contributed by atoms with Gasteiger partial charge in [-0.05, 0) is 28.8 Å². The molecule has 0 atom stereocenters. The molecule has 0 saturated carbocycles. The first-order valence-corrected chi connectivity index (χ1v) is 7.32. The van der Waals surface area contributed by atoms with Crippen LogP contribution in [-0.2, 0) is 16.4 Å². The van der Waals surface area contributed by atoms with E-state index in [1.54, 1.807) is 11.3 Å². The summed E-state index contributed by atoms with van der Waals surface area (Å²) in [6.07, 6.45) is 1.85. The number of hydrogen-bond acceptors (Lipinski definition) is 5. The van der Waals surface area contributed by atoms with Crippen molar-refractivity contribution in [1.82, 2.24) is 14.9 Å². The van der Waals surface area contributed by atoms with E-state index in [2.05, 4.69) is 14.9 Å². The Morgan fingerprint density at radius 2 is 2.35 bits per heavy atom. The number of aromatic amines is 1. The quantitative estimate of drug-likeness (QED) is 0.741. The molecule has 6 nitrogen and oxygen atoms in total. The van der Waals surface area contributed by atoms with Crippen molar-refractivity contribution in [3.05, 3.63) is 28.6 Å². The zero-order chi connectivity index (χ0) is 12.3. The average Bonchev–Trinajstić information content (AvgIpc) is 2.88. The molecule has 0 aliphatic rings. The van der Waals surface area contributed by atoms with Gasteiger partial charge in [0, 0.05) is 6.54 Å². The molecule has 0 aliphatic carbocycles. The van der Waals surface area contributed by atoms with E-state index < -0.39 is 10.0 Å². The van der Waals surface area contributed by atoms with E-state index in [1.807, 2.05) is 16.8 Å². The lowest BCUT2D eigenvalue weighted by atomic mass is 10.2. The number of nitrogen functional groups attached to an aromatic ring is 1. The summed E-state index contributed by atoms with van der Waals surface area (Å²) in [5.41, 5.74) is 6.57. The molecule has 0 saturated heterocycles. The normalized spacial score (nSPS) is 11.8. The van der Waals surface area contributed by atoms with E-state index in [9.17, 15) is 8.42 Å². The summed E-state index contributed by atoms with van der Waals surface area (Å²) < 4.78 is 26.1. The minimum absolute atomic E-state index is 0.0113. The van der Waals surface area contributed by atoms with Crippen LogP contribution in [0.4, 0.5) is 5.82 Å². The minimum Gasteiger partial charge on any atom is -0.383 e. The van der Waals surface area contributed by atoms with E-state index in [0.29, 0.717) is 13.0 Å². The average molecular weight is 272 g/mol. The van der Waals surface area contributed by atoms with E-state index in [-0.39, 0.29) is 10.7 Å². The van der Waals surface area contributed by atoms with Crippen LogP contribution in [0.2, 0.25) is 0 Å². The molecule has 0 aliphatic heterocycles. The second kappa shape index (κ2) is 4.86. The van der Waals surface area contributed by atoms with Gasteiger partial charge in [0.25, 0.3) is 0 Å². The highest BCUT2D eigenvalue weighted by Crippen LogP contribution is 2.13. The highest BCUT2D eigenvalue weighted by atomic mass is 32.2. The number of aromatic nitrogens is 2. The summed E-state index contributed by atoms with van der Waals surface area (Å²) in [7, 11) is -3.57. The monoisotopic (exact) mass is 272 g/mol. The maximum absolute atomic E-state index is 11.8. The maximum atomic E-state index is 11.8. The number of rotatable bonds is 5. The van der Waals surface area contributed by atoms with Gasteiger partial charge in [0.1, 0.15) is 10.7 Å². The van der Waals surface area contributed by atoms with E-state index in [0.717, 1.165) is 5.56 Å². The van der Waals surface area contributed by atoms with E-state index >= 15 is 0 Å². The van der Waals surface area contributed by atoms with Crippen LogP contribution < -0.4 is 10.5 Å².